The van der Waals surface area contributed by atoms with Crippen molar-refractivity contribution in [3.63, 3.8) is 0 Å². The third-order valence-electron chi connectivity index (χ3n) is 4.68. The first kappa shape index (κ1) is 17.0. The fourth-order valence-electron chi connectivity index (χ4n) is 3.21. The Morgan fingerprint density at radius 1 is 0.889 bits per heavy atom. The van der Waals surface area contributed by atoms with Crippen molar-refractivity contribution in [2.45, 2.75) is 6.42 Å². The van der Waals surface area contributed by atoms with E-state index in [0.29, 0.717) is 12.1 Å². The van der Waals surface area contributed by atoms with Crippen molar-refractivity contribution < 1.29 is 9.18 Å². The summed E-state index contributed by atoms with van der Waals surface area (Å²) in [5.41, 5.74) is 4.78. The molecule has 0 fully saturated rings. The van der Waals surface area contributed by atoms with E-state index in [1.807, 2.05) is 36.5 Å². The minimum Gasteiger partial charge on any atom is -0.361 e. The lowest BCUT2D eigenvalue weighted by Crippen LogP contribution is -2.25. The molecule has 3 nitrogen and oxygen atoms in total. The summed E-state index contributed by atoms with van der Waals surface area (Å²) in [6, 6.07) is 21.8. The minimum atomic E-state index is -0.259. The van der Waals surface area contributed by atoms with Gasteiger partial charge in [-0.05, 0) is 53.4 Å². The van der Waals surface area contributed by atoms with Crippen LogP contribution in [0.25, 0.3) is 22.0 Å². The maximum atomic E-state index is 13.0. The largest absolute Gasteiger partial charge is 0.361 e. The van der Waals surface area contributed by atoms with Crippen molar-refractivity contribution in [2.24, 2.45) is 0 Å². The molecule has 0 aliphatic rings. The summed E-state index contributed by atoms with van der Waals surface area (Å²) in [5, 5.41) is 4.16. The quantitative estimate of drug-likeness (QED) is 0.521. The summed E-state index contributed by atoms with van der Waals surface area (Å²) >= 11 is 0. The Bertz CT molecular complexity index is 1070. The number of amides is 1. The standard InChI is InChI=1S/C23H19FN2O/c24-20-11-9-17(10-12-20)16-5-7-18(8-6-16)23(27)25-14-13-19-15-26-22-4-2-1-3-21(19)22/h1-12,15,26H,13-14H2,(H,25,27). The highest BCUT2D eigenvalue weighted by molar-refractivity contribution is 5.94. The molecule has 0 radical (unpaired) electrons. The van der Waals surface area contributed by atoms with Gasteiger partial charge in [0.15, 0.2) is 0 Å². The molecule has 0 aliphatic carbocycles. The molecule has 0 saturated carbocycles. The summed E-state index contributed by atoms with van der Waals surface area (Å²) in [6.07, 6.45) is 2.76. The maximum absolute atomic E-state index is 13.0. The van der Waals surface area contributed by atoms with Crippen molar-refractivity contribution in [3.05, 3.63) is 95.9 Å². The van der Waals surface area contributed by atoms with Crippen molar-refractivity contribution in [3.8, 4) is 11.1 Å². The molecule has 0 unspecified atom stereocenters. The topological polar surface area (TPSA) is 44.9 Å². The van der Waals surface area contributed by atoms with Gasteiger partial charge < -0.3 is 10.3 Å². The van der Waals surface area contributed by atoms with Gasteiger partial charge in [0, 0.05) is 29.2 Å². The maximum Gasteiger partial charge on any atom is 0.251 e. The molecule has 4 rings (SSSR count). The number of hydrogen-bond donors (Lipinski definition) is 2. The molecule has 1 aromatic heterocycles. The molecule has 27 heavy (non-hydrogen) atoms. The van der Waals surface area contributed by atoms with Crippen LogP contribution in [-0.2, 0) is 6.42 Å². The number of H-pyrrole nitrogens is 1. The molecule has 1 heterocycles. The van der Waals surface area contributed by atoms with Gasteiger partial charge in [-0.15, -0.1) is 0 Å². The zero-order chi connectivity index (χ0) is 18.6. The van der Waals surface area contributed by atoms with Gasteiger partial charge in [-0.3, -0.25) is 4.79 Å². The molecule has 0 atom stereocenters. The number of fused-ring (bicyclic) bond motifs is 1. The lowest BCUT2D eigenvalue weighted by molar-refractivity contribution is 0.0954. The molecule has 1 amide bonds. The number of aromatic nitrogens is 1. The smallest absolute Gasteiger partial charge is 0.251 e. The fraction of sp³-hybridized carbons (Fsp3) is 0.0870. The highest BCUT2D eigenvalue weighted by Crippen LogP contribution is 2.20. The molecule has 0 aliphatic heterocycles. The molecule has 2 N–H and O–H groups in total. The van der Waals surface area contributed by atoms with Gasteiger partial charge in [-0.2, -0.15) is 0 Å². The average molecular weight is 358 g/mol. The predicted molar refractivity (Wildman–Crippen MR) is 106 cm³/mol. The Balaban J connectivity index is 1.37. The van der Waals surface area contributed by atoms with E-state index in [9.17, 15) is 9.18 Å². The number of aromatic amines is 1. The molecule has 3 aromatic carbocycles. The molecule has 0 saturated heterocycles. The van der Waals surface area contributed by atoms with Crippen LogP contribution in [0.2, 0.25) is 0 Å². The Morgan fingerprint density at radius 3 is 2.30 bits per heavy atom. The molecule has 0 spiro atoms. The van der Waals surface area contributed by atoms with Crippen LogP contribution in [0.1, 0.15) is 15.9 Å². The van der Waals surface area contributed by atoms with Gasteiger partial charge in [0.05, 0.1) is 0 Å². The number of benzene rings is 3. The number of rotatable bonds is 5. The number of carbonyl (C=O) groups is 1. The van der Waals surface area contributed by atoms with Crippen molar-refractivity contribution in [1.29, 1.82) is 0 Å². The summed E-state index contributed by atoms with van der Waals surface area (Å²) in [6.45, 7) is 0.570. The third kappa shape index (κ3) is 3.75. The number of hydrogen-bond acceptors (Lipinski definition) is 1. The van der Waals surface area contributed by atoms with E-state index in [-0.39, 0.29) is 11.7 Å². The van der Waals surface area contributed by atoms with Crippen LogP contribution in [0.3, 0.4) is 0 Å². The summed E-state index contributed by atoms with van der Waals surface area (Å²) in [7, 11) is 0. The number of para-hydroxylation sites is 1. The Labute approximate surface area is 156 Å². The highest BCUT2D eigenvalue weighted by atomic mass is 19.1. The van der Waals surface area contributed by atoms with Gasteiger partial charge in [0.1, 0.15) is 5.82 Å². The summed E-state index contributed by atoms with van der Waals surface area (Å²) < 4.78 is 13.0. The first-order valence-corrected chi connectivity index (χ1v) is 8.90. The van der Waals surface area contributed by atoms with Gasteiger partial charge in [0.2, 0.25) is 0 Å². The van der Waals surface area contributed by atoms with E-state index in [1.54, 1.807) is 24.3 Å². The number of carbonyl (C=O) groups excluding carboxylic acids is 1. The van der Waals surface area contributed by atoms with E-state index >= 15 is 0 Å². The number of halogens is 1. The van der Waals surface area contributed by atoms with Crippen LogP contribution < -0.4 is 5.32 Å². The first-order chi connectivity index (χ1) is 13.2. The summed E-state index contributed by atoms with van der Waals surface area (Å²) in [4.78, 5) is 15.6. The Hall–Kier alpha value is -3.40. The Morgan fingerprint density at radius 2 is 1.56 bits per heavy atom. The monoisotopic (exact) mass is 358 g/mol. The SMILES string of the molecule is O=C(NCCc1c[nH]c2ccccc12)c1ccc(-c2ccc(F)cc2)cc1. The first-order valence-electron chi connectivity index (χ1n) is 8.90. The van der Waals surface area contributed by atoms with Crippen LogP contribution in [0.5, 0.6) is 0 Å². The second kappa shape index (κ2) is 7.46. The van der Waals surface area contributed by atoms with Crippen molar-refractivity contribution >= 4 is 16.8 Å². The zero-order valence-electron chi connectivity index (χ0n) is 14.7. The molecular formula is C23H19FN2O. The average Bonchev–Trinajstić information content (AvgIpc) is 3.12. The van der Waals surface area contributed by atoms with Gasteiger partial charge in [0.25, 0.3) is 5.91 Å². The number of nitrogens with one attached hydrogen (secondary N) is 2. The zero-order valence-corrected chi connectivity index (χ0v) is 14.7. The van der Waals surface area contributed by atoms with Crippen LogP contribution in [0.15, 0.2) is 79.0 Å². The normalized spacial score (nSPS) is 10.9. The van der Waals surface area contributed by atoms with E-state index in [0.717, 1.165) is 23.1 Å². The van der Waals surface area contributed by atoms with Crippen LogP contribution in [0, 0.1) is 5.82 Å². The second-order valence-corrected chi connectivity index (χ2v) is 6.45. The predicted octanol–water partition coefficient (Wildman–Crippen LogP) is 4.95. The third-order valence-corrected chi connectivity index (χ3v) is 4.68. The Kier molecular flexibility index (Phi) is 4.71. The lowest BCUT2D eigenvalue weighted by atomic mass is 10.0. The van der Waals surface area contributed by atoms with Gasteiger partial charge in [-0.1, -0.05) is 42.5 Å². The highest BCUT2D eigenvalue weighted by Gasteiger charge is 2.07. The van der Waals surface area contributed by atoms with E-state index < -0.39 is 0 Å². The molecular weight excluding hydrogens is 339 g/mol. The van der Waals surface area contributed by atoms with Crippen molar-refractivity contribution in [1.82, 2.24) is 10.3 Å². The molecule has 4 heteroatoms. The van der Waals surface area contributed by atoms with E-state index in [2.05, 4.69) is 16.4 Å². The van der Waals surface area contributed by atoms with Gasteiger partial charge >= 0.3 is 0 Å². The van der Waals surface area contributed by atoms with Crippen LogP contribution in [-0.4, -0.2) is 17.4 Å². The van der Waals surface area contributed by atoms with Gasteiger partial charge in [-0.25, -0.2) is 4.39 Å². The van der Waals surface area contributed by atoms with E-state index in [1.165, 1.54) is 23.1 Å². The summed E-state index contributed by atoms with van der Waals surface area (Å²) in [5.74, 6) is -0.356. The van der Waals surface area contributed by atoms with E-state index in [4.69, 9.17) is 0 Å². The van der Waals surface area contributed by atoms with Crippen LogP contribution >= 0.6 is 0 Å². The second-order valence-electron chi connectivity index (χ2n) is 6.45. The minimum absolute atomic E-state index is 0.0968. The van der Waals surface area contributed by atoms with Crippen molar-refractivity contribution in [2.75, 3.05) is 6.54 Å². The molecule has 0 bridgehead atoms. The molecule has 134 valence electrons. The lowest BCUT2D eigenvalue weighted by Gasteiger charge is -2.07. The fourth-order valence-corrected chi connectivity index (χ4v) is 3.21. The molecule has 4 aromatic rings. The van der Waals surface area contributed by atoms with Crippen LogP contribution in [0.4, 0.5) is 4.39 Å².